The Hall–Kier alpha value is -0.800. The van der Waals surface area contributed by atoms with E-state index in [1.165, 1.54) is 43.6 Å². The van der Waals surface area contributed by atoms with Gasteiger partial charge in [0.05, 0.1) is 6.10 Å². The van der Waals surface area contributed by atoms with Crippen LogP contribution in [0, 0.1) is 0 Å². The molecule has 1 saturated heterocycles. The second-order valence-electron chi connectivity index (χ2n) is 6.20. The average molecular weight is 246 g/mol. The Bertz CT molecular complexity index is 449. The summed E-state index contributed by atoms with van der Waals surface area (Å²) < 4.78 is 2.47. The van der Waals surface area contributed by atoms with Gasteiger partial charge in [0.1, 0.15) is 0 Å². The molecule has 18 heavy (non-hydrogen) atoms. The van der Waals surface area contributed by atoms with Gasteiger partial charge in [-0.3, -0.25) is 4.90 Å². The van der Waals surface area contributed by atoms with Crippen LogP contribution in [0.4, 0.5) is 0 Å². The first-order chi connectivity index (χ1) is 8.83. The Morgan fingerprint density at radius 1 is 1.11 bits per heavy atom. The van der Waals surface area contributed by atoms with Crippen LogP contribution >= 0.6 is 0 Å². The lowest BCUT2D eigenvalue weighted by Crippen LogP contribution is -2.24. The molecular weight excluding hydrogens is 224 g/mol. The highest BCUT2D eigenvalue weighted by Gasteiger charge is 2.36. The van der Waals surface area contributed by atoms with Crippen LogP contribution in [0.3, 0.4) is 0 Å². The van der Waals surface area contributed by atoms with Crippen molar-refractivity contribution in [2.75, 3.05) is 13.1 Å². The molecule has 1 aliphatic heterocycles. The molecule has 2 heterocycles. The number of rotatable bonds is 2. The molecule has 2 unspecified atom stereocenters. The van der Waals surface area contributed by atoms with E-state index < -0.39 is 0 Å². The van der Waals surface area contributed by atoms with E-state index in [0.29, 0.717) is 6.04 Å². The van der Waals surface area contributed by atoms with Gasteiger partial charge < -0.3 is 9.67 Å². The van der Waals surface area contributed by atoms with E-state index >= 15 is 0 Å². The van der Waals surface area contributed by atoms with Crippen LogP contribution in [0.2, 0.25) is 0 Å². The Kier molecular flexibility index (Phi) is 2.52. The second-order valence-corrected chi connectivity index (χ2v) is 6.20. The Morgan fingerprint density at radius 2 is 2.00 bits per heavy atom. The molecule has 1 aromatic rings. The molecule has 4 rings (SSSR count). The minimum Gasteiger partial charge on any atom is -0.388 e. The van der Waals surface area contributed by atoms with Gasteiger partial charge in [0.25, 0.3) is 0 Å². The Labute approximate surface area is 108 Å². The van der Waals surface area contributed by atoms with E-state index in [2.05, 4.69) is 21.7 Å². The Morgan fingerprint density at radius 3 is 2.83 bits per heavy atom. The maximum atomic E-state index is 10.0. The minimum absolute atomic E-state index is 0.212. The number of hydrogen-bond acceptors (Lipinski definition) is 2. The Balaban J connectivity index is 1.58. The molecule has 2 aliphatic carbocycles. The molecule has 2 fully saturated rings. The predicted octanol–water partition coefficient (Wildman–Crippen LogP) is 2.27. The molecule has 98 valence electrons. The van der Waals surface area contributed by atoms with Crippen molar-refractivity contribution >= 4 is 0 Å². The fourth-order valence-corrected chi connectivity index (χ4v) is 3.80. The molecule has 0 aromatic carbocycles. The number of aliphatic hydroxyl groups is 1. The summed E-state index contributed by atoms with van der Waals surface area (Å²) in [6, 6.07) is 3.70. The molecular formula is C15H22N2O. The predicted molar refractivity (Wildman–Crippen MR) is 70.6 cm³/mol. The normalized spacial score (nSPS) is 32.7. The zero-order valence-corrected chi connectivity index (χ0v) is 10.9. The van der Waals surface area contributed by atoms with Gasteiger partial charge >= 0.3 is 0 Å². The number of aliphatic hydroxyl groups excluding tert-OH is 1. The molecule has 0 spiro atoms. The van der Waals surface area contributed by atoms with Crippen LogP contribution < -0.4 is 0 Å². The number of likely N-dealkylation sites (tertiary alicyclic amines) is 1. The molecule has 3 aliphatic rings. The number of fused-ring (bicyclic) bond motifs is 1. The highest BCUT2D eigenvalue weighted by molar-refractivity contribution is 5.28. The second kappa shape index (κ2) is 4.10. The van der Waals surface area contributed by atoms with E-state index in [4.69, 9.17) is 0 Å². The van der Waals surface area contributed by atoms with Crippen molar-refractivity contribution in [3.8, 4) is 0 Å². The van der Waals surface area contributed by atoms with Crippen molar-refractivity contribution in [3.63, 3.8) is 0 Å². The number of hydrogen-bond donors (Lipinski definition) is 1. The fourth-order valence-electron chi connectivity index (χ4n) is 3.80. The summed E-state index contributed by atoms with van der Waals surface area (Å²) in [5.41, 5.74) is 2.61. The first-order valence-corrected chi connectivity index (χ1v) is 7.44. The molecule has 0 bridgehead atoms. The maximum Gasteiger partial charge on any atom is 0.0807 e. The highest BCUT2D eigenvalue weighted by Crippen LogP contribution is 2.37. The topological polar surface area (TPSA) is 28.4 Å². The smallest absolute Gasteiger partial charge is 0.0807 e. The van der Waals surface area contributed by atoms with E-state index in [1.54, 1.807) is 0 Å². The van der Waals surface area contributed by atoms with Gasteiger partial charge in [-0.05, 0) is 44.6 Å². The first kappa shape index (κ1) is 11.1. The lowest BCUT2D eigenvalue weighted by Gasteiger charge is -2.23. The first-order valence-electron chi connectivity index (χ1n) is 7.44. The highest BCUT2D eigenvalue weighted by atomic mass is 16.3. The number of aromatic nitrogens is 1. The molecule has 3 heteroatoms. The summed E-state index contributed by atoms with van der Waals surface area (Å²) in [6.45, 7) is 2.49. The van der Waals surface area contributed by atoms with E-state index in [1.807, 2.05) is 0 Å². The fraction of sp³-hybridized carbons (Fsp3) is 0.733. The SMILES string of the molecule is OC1CCCc2c1ccn2C1CCN(C2CC2)C1. The minimum atomic E-state index is -0.212. The molecule has 1 N–H and O–H groups in total. The van der Waals surface area contributed by atoms with E-state index in [-0.39, 0.29) is 6.10 Å². The molecule has 0 amide bonds. The van der Waals surface area contributed by atoms with Gasteiger partial charge in [-0.25, -0.2) is 0 Å². The van der Waals surface area contributed by atoms with Crippen LogP contribution in [0.5, 0.6) is 0 Å². The van der Waals surface area contributed by atoms with Crippen molar-refractivity contribution < 1.29 is 5.11 Å². The van der Waals surface area contributed by atoms with Gasteiger partial charge in [0.2, 0.25) is 0 Å². The largest absolute Gasteiger partial charge is 0.388 e. The lowest BCUT2D eigenvalue weighted by molar-refractivity contribution is 0.155. The maximum absolute atomic E-state index is 10.0. The third kappa shape index (κ3) is 1.72. The van der Waals surface area contributed by atoms with Gasteiger partial charge in [0.15, 0.2) is 0 Å². The van der Waals surface area contributed by atoms with Crippen LogP contribution in [0.1, 0.15) is 55.5 Å². The summed E-state index contributed by atoms with van der Waals surface area (Å²) in [5.74, 6) is 0. The van der Waals surface area contributed by atoms with Gasteiger partial charge in [-0.15, -0.1) is 0 Å². The monoisotopic (exact) mass is 246 g/mol. The van der Waals surface area contributed by atoms with Crippen molar-refractivity contribution in [3.05, 3.63) is 23.5 Å². The average Bonchev–Trinajstić information content (AvgIpc) is 2.95. The standard InChI is InChI=1S/C15H22N2O/c18-15-3-1-2-14-13(15)7-9-17(14)12-6-8-16(10-12)11-4-5-11/h7,9,11-12,15,18H,1-6,8,10H2. The van der Waals surface area contributed by atoms with Crippen LogP contribution in [0.25, 0.3) is 0 Å². The third-order valence-corrected chi connectivity index (χ3v) is 4.96. The third-order valence-electron chi connectivity index (χ3n) is 4.96. The van der Waals surface area contributed by atoms with Gasteiger partial charge in [0, 0.05) is 42.6 Å². The van der Waals surface area contributed by atoms with E-state index in [0.717, 1.165) is 25.3 Å². The zero-order valence-electron chi connectivity index (χ0n) is 10.9. The van der Waals surface area contributed by atoms with Crippen LogP contribution in [-0.2, 0) is 6.42 Å². The van der Waals surface area contributed by atoms with Gasteiger partial charge in [-0.2, -0.15) is 0 Å². The summed E-state index contributed by atoms with van der Waals surface area (Å²) >= 11 is 0. The van der Waals surface area contributed by atoms with Crippen molar-refractivity contribution in [2.24, 2.45) is 0 Å². The lowest BCUT2D eigenvalue weighted by atomic mass is 9.95. The molecule has 1 aromatic heterocycles. The summed E-state index contributed by atoms with van der Waals surface area (Å²) in [6.07, 6.45) is 9.35. The van der Waals surface area contributed by atoms with E-state index in [9.17, 15) is 5.11 Å². The zero-order chi connectivity index (χ0) is 12.1. The van der Waals surface area contributed by atoms with Gasteiger partial charge in [-0.1, -0.05) is 0 Å². The number of nitrogens with zero attached hydrogens (tertiary/aromatic N) is 2. The van der Waals surface area contributed by atoms with Crippen molar-refractivity contribution in [2.45, 2.75) is 56.7 Å². The molecule has 1 saturated carbocycles. The van der Waals surface area contributed by atoms with Crippen molar-refractivity contribution in [1.82, 2.24) is 9.47 Å². The van der Waals surface area contributed by atoms with Crippen LogP contribution in [-0.4, -0.2) is 33.7 Å². The summed E-state index contributed by atoms with van der Waals surface area (Å²) in [5, 5.41) is 10.0. The van der Waals surface area contributed by atoms with Crippen LogP contribution in [0.15, 0.2) is 12.3 Å². The quantitative estimate of drug-likeness (QED) is 0.867. The van der Waals surface area contributed by atoms with Crippen molar-refractivity contribution in [1.29, 1.82) is 0 Å². The molecule has 0 radical (unpaired) electrons. The summed E-state index contributed by atoms with van der Waals surface area (Å²) in [7, 11) is 0. The molecule has 3 nitrogen and oxygen atoms in total. The molecule has 2 atom stereocenters. The summed E-state index contributed by atoms with van der Waals surface area (Å²) in [4.78, 5) is 2.66.